The fraction of sp³-hybridized carbons (Fsp3) is 0.474. The number of methoxy groups -OCH3 is 1. The summed E-state index contributed by atoms with van der Waals surface area (Å²) in [5.74, 6) is 0.597. The van der Waals surface area contributed by atoms with Gasteiger partial charge in [-0.15, -0.1) is 0 Å². The highest BCUT2D eigenvalue weighted by Crippen LogP contribution is 2.21. The van der Waals surface area contributed by atoms with E-state index < -0.39 is 5.60 Å². The molecule has 1 unspecified atom stereocenters. The summed E-state index contributed by atoms with van der Waals surface area (Å²) >= 11 is 0. The minimum atomic E-state index is -0.666. The van der Waals surface area contributed by atoms with Crippen LogP contribution in [0.1, 0.15) is 50.5 Å². The van der Waals surface area contributed by atoms with Crippen LogP contribution in [0.4, 0.5) is 0 Å². The molecule has 0 radical (unpaired) electrons. The maximum Gasteiger partial charge on any atom is 0.269 e. The van der Waals surface area contributed by atoms with E-state index in [1.54, 1.807) is 27.0 Å². The molecule has 0 aliphatic carbocycles. The Morgan fingerprint density at radius 3 is 2.64 bits per heavy atom. The number of benzene rings is 1. The SMILES string of the molecule is COc1ccc(-c2cc(C(=O)NC(C)CCCC(C)(C)O)[nH]n2)cc1. The van der Waals surface area contributed by atoms with Gasteiger partial charge in [0.15, 0.2) is 0 Å². The molecule has 136 valence electrons. The van der Waals surface area contributed by atoms with Crippen molar-refractivity contribution in [3.05, 3.63) is 36.0 Å². The average Bonchev–Trinajstić information content (AvgIpc) is 3.03. The number of hydrogen-bond donors (Lipinski definition) is 3. The van der Waals surface area contributed by atoms with Crippen LogP contribution in [0, 0.1) is 0 Å². The van der Waals surface area contributed by atoms with E-state index in [9.17, 15) is 9.90 Å². The van der Waals surface area contributed by atoms with E-state index in [1.165, 1.54) is 0 Å². The van der Waals surface area contributed by atoms with Crippen LogP contribution in [0.15, 0.2) is 30.3 Å². The number of H-pyrrole nitrogens is 1. The Morgan fingerprint density at radius 1 is 1.36 bits per heavy atom. The van der Waals surface area contributed by atoms with Gasteiger partial charge in [-0.25, -0.2) is 0 Å². The van der Waals surface area contributed by atoms with Crippen LogP contribution in [-0.4, -0.2) is 40.0 Å². The van der Waals surface area contributed by atoms with E-state index in [2.05, 4.69) is 15.5 Å². The topological polar surface area (TPSA) is 87.2 Å². The van der Waals surface area contributed by atoms with Gasteiger partial charge in [0.1, 0.15) is 11.4 Å². The molecule has 0 aliphatic heterocycles. The van der Waals surface area contributed by atoms with Crippen LogP contribution in [0.5, 0.6) is 5.75 Å². The van der Waals surface area contributed by atoms with Gasteiger partial charge in [0.25, 0.3) is 5.91 Å². The third-order valence-electron chi connectivity index (χ3n) is 4.01. The number of ether oxygens (including phenoxy) is 1. The Balaban J connectivity index is 1.91. The van der Waals surface area contributed by atoms with Gasteiger partial charge in [-0.05, 0) is 70.4 Å². The quantitative estimate of drug-likeness (QED) is 0.686. The van der Waals surface area contributed by atoms with Crippen molar-refractivity contribution in [3.8, 4) is 17.0 Å². The molecule has 25 heavy (non-hydrogen) atoms. The number of nitrogens with one attached hydrogen (secondary N) is 2. The monoisotopic (exact) mass is 345 g/mol. The molecule has 0 saturated heterocycles. The Kier molecular flexibility index (Phi) is 6.20. The molecule has 1 heterocycles. The van der Waals surface area contributed by atoms with Crippen molar-refractivity contribution in [1.82, 2.24) is 15.5 Å². The first kappa shape index (κ1) is 19.0. The smallest absolute Gasteiger partial charge is 0.269 e. The van der Waals surface area contributed by atoms with Crippen molar-refractivity contribution in [3.63, 3.8) is 0 Å². The maximum absolute atomic E-state index is 12.3. The Hall–Kier alpha value is -2.34. The first-order valence-corrected chi connectivity index (χ1v) is 8.51. The number of aromatic nitrogens is 2. The first-order chi connectivity index (χ1) is 11.8. The third kappa shape index (κ3) is 5.90. The fourth-order valence-electron chi connectivity index (χ4n) is 2.56. The summed E-state index contributed by atoms with van der Waals surface area (Å²) in [7, 11) is 1.62. The van der Waals surface area contributed by atoms with Crippen molar-refractivity contribution >= 4 is 5.91 Å². The average molecular weight is 345 g/mol. The Labute approximate surface area is 148 Å². The predicted molar refractivity (Wildman–Crippen MR) is 97.7 cm³/mol. The van der Waals surface area contributed by atoms with E-state index in [-0.39, 0.29) is 11.9 Å². The third-order valence-corrected chi connectivity index (χ3v) is 4.01. The number of aliphatic hydroxyl groups is 1. The molecule has 2 rings (SSSR count). The van der Waals surface area contributed by atoms with Gasteiger partial charge in [-0.2, -0.15) is 5.10 Å². The lowest BCUT2D eigenvalue weighted by molar-refractivity contribution is 0.0674. The maximum atomic E-state index is 12.3. The molecule has 0 spiro atoms. The highest BCUT2D eigenvalue weighted by molar-refractivity contribution is 5.93. The zero-order valence-electron chi connectivity index (χ0n) is 15.3. The van der Waals surface area contributed by atoms with Crippen molar-refractivity contribution in [2.45, 2.75) is 51.7 Å². The van der Waals surface area contributed by atoms with Crippen LogP contribution in [0.2, 0.25) is 0 Å². The number of amides is 1. The largest absolute Gasteiger partial charge is 0.497 e. The molecule has 6 heteroatoms. The molecule has 0 aliphatic rings. The standard InChI is InChI=1S/C19H27N3O3/c1-13(6-5-11-19(2,3)24)20-18(23)17-12-16(21-22-17)14-7-9-15(25-4)10-8-14/h7-10,12-13,24H,5-6,11H2,1-4H3,(H,20,23)(H,21,22). The van der Waals surface area contributed by atoms with Gasteiger partial charge in [0.2, 0.25) is 0 Å². The second-order valence-corrected chi connectivity index (χ2v) is 6.97. The number of carbonyl (C=O) groups excluding carboxylic acids is 1. The summed E-state index contributed by atoms with van der Waals surface area (Å²) < 4.78 is 5.14. The van der Waals surface area contributed by atoms with Gasteiger partial charge in [-0.1, -0.05) is 0 Å². The summed E-state index contributed by atoms with van der Waals surface area (Å²) in [6, 6.07) is 9.28. The van der Waals surface area contributed by atoms with Crippen molar-refractivity contribution in [2.75, 3.05) is 7.11 Å². The zero-order chi connectivity index (χ0) is 18.4. The predicted octanol–water partition coefficient (Wildman–Crippen LogP) is 3.14. The summed E-state index contributed by atoms with van der Waals surface area (Å²) in [6.07, 6.45) is 2.37. The lowest BCUT2D eigenvalue weighted by Gasteiger charge is -2.18. The second-order valence-electron chi connectivity index (χ2n) is 6.97. The highest BCUT2D eigenvalue weighted by atomic mass is 16.5. The van der Waals surface area contributed by atoms with Crippen molar-refractivity contribution < 1.29 is 14.6 Å². The fourth-order valence-corrected chi connectivity index (χ4v) is 2.56. The lowest BCUT2D eigenvalue weighted by Crippen LogP contribution is -2.33. The van der Waals surface area contributed by atoms with Crippen LogP contribution < -0.4 is 10.1 Å². The van der Waals surface area contributed by atoms with Crippen LogP contribution in [0.3, 0.4) is 0 Å². The van der Waals surface area contributed by atoms with Crippen molar-refractivity contribution in [2.24, 2.45) is 0 Å². The molecule has 1 aromatic carbocycles. The van der Waals surface area contributed by atoms with Gasteiger partial charge >= 0.3 is 0 Å². The first-order valence-electron chi connectivity index (χ1n) is 8.51. The molecule has 1 atom stereocenters. The molecule has 3 N–H and O–H groups in total. The molecule has 2 aromatic rings. The Bertz CT molecular complexity index is 687. The Morgan fingerprint density at radius 2 is 2.04 bits per heavy atom. The highest BCUT2D eigenvalue weighted by Gasteiger charge is 2.16. The van der Waals surface area contributed by atoms with Gasteiger partial charge in [-0.3, -0.25) is 9.89 Å². The summed E-state index contributed by atoms with van der Waals surface area (Å²) in [5, 5.41) is 19.7. The van der Waals surface area contributed by atoms with Crippen LogP contribution in [0.25, 0.3) is 11.3 Å². The number of aromatic amines is 1. The van der Waals surface area contributed by atoms with E-state index >= 15 is 0 Å². The van der Waals surface area contributed by atoms with E-state index in [0.717, 1.165) is 24.2 Å². The van der Waals surface area contributed by atoms with Crippen LogP contribution >= 0.6 is 0 Å². The van der Waals surface area contributed by atoms with E-state index in [1.807, 2.05) is 31.2 Å². The van der Waals surface area contributed by atoms with Crippen LogP contribution in [-0.2, 0) is 0 Å². The minimum absolute atomic E-state index is 0.0302. The second kappa shape index (κ2) is 8.16. The lowest BCUT2D eigenvalue weighted by atomic mass is 10.00. The minimum Gasteiger partial charge on any atom is -0.497 e. The van der Waals surface area contributed by atoms with E-state index in [0.29, 0.717) is 17.8 Å². The number of rotatable bonds is 8. The van der Waals surface area contributed by atoms with E-state index in [4.69, 9.17) is 4.74 Å². The van der Waals surface area contributed by atoms with Gasteiger partial charge in [0, 0.05) is 11.6 Å². The number of nitrogens with zero attached hydrogens (tertiary/aromatic N) is 1. The molecule has 1 aromatic heterocycles. The molecular formula is C19H27N3O3. The molecule has 0 fully saturated rings. The normalized spacial score (nSPS) is 12.7. The number of hydrogen-bond acceptors (Lipinski definition) is 4. The van der Waals surface area contributed by atoms with Gasteiger partial charge < -0.3 is 15.2 Å². The molecule has 1 amide bonds. The molecule has 0 bridgehead atoms. The molecule has 0 saturated carbocycles. The van der Waals surface area contributed by atoms with Crippen molar-refractivity contribution in [1.29, 1.82) is 0 Å². The summed E-state index contributed by atoms with van der Waals surface area (Å²) in [5.41, 5.74) is 1.39. The number of carbonyl (C=O) groups is 1. The molecular weight excluding hydrogens is 318 g/mol. The van der Waals surface area contributed by atoms with Gasteiger partial charge in [0.05, 0.1) is 18.4 Å². The zero-order valence-corrected chi connectivity index (χ0v) is 15.3. The summed E-state index contributed by atoms with van der Waals surface area (Å²) in [6.45, 7) is 5.55. The summed E-state index contributed by atoms with van der Waals surface area (Å²) in [4.78, 5) is 12.3. The molecule has 6 nitrogen and oxygen atoms in total.